The van der Waals surface area contributed by atoms with Crippen LogP contribution >= 0.6 is 11.3 Å². The predicted molar refractivity (Wildman–Crippen MR) is 88.7 cm³/mol. The first-order valence-corrected chi connectivity index (χ1v) is 8.01. The Morgan fingerprint density at radius 2 is 2.25 bits per heavy atom. The van der Waals surface area contributed by atoms with Gasteiger partial charge in [0.05, 0.1) is 18.2 Å². The Morgan fingerprint density at radius 1 is 1.42 bits per heavy atom. The molecule has 0 aliphatic carbocycles. The first-order chi connectivity index (χ1) is 11.6. The lowest BCUT2D eigenvalue weighted by Crippen LogP contribution is -2.39. The van der Waals surface area contributed by atoms with Crippen molar-refractivity contribution < 1.29 is 14.0 Å². The molecule has 8 nitrogen and oxygen atoms in total. The standard InChI is InChI=1S/C15H14N4O4S/c1-2-9-6-10-14(24-9)17-8-19(15(10)22)18-12(20)7-16-13(21)11-4-3-5-23-11/h3-6,8H,2,7H2,1H3,(H,16,21)(H,18,20). The van der Waals surface area contributed by atoms with Crippen LogP contribution < -0.4 is 16.3 Å². The molecule has 2 N–H and O–H groups in total. The first kappa shape index (κ1) is 15.9. The van der Waals surface area contributed by atoms with Crippen LogP contribution in [0.5, 0.6) is 0 Å². The van der Waals surface area contributed by atoms with E-state index >= 15 is 0 Å². The van der Waals surface area contributed by atoms with Crippen LogP contribution in [0.4, 0.5) is 0 Å². The predicted octanol–water partition coefficient (Wildman–Crippen LogP) is 1.11. The number of amides is 2. The second kappa shape index (κ2) is 6.67. The van der Waals surface area contributed by atoms with Gasteiger partial charge in [-0.25, -0.2) is 9.66 Å². The molecule has 0 spiro atoms. The molecule has 0 aromatic carbocycles. The molecule has 3 aromatic rings. The Hall–Kier alpha value is -2.94. The maximum Gasteiger partial charge on any atom is 0.287 e. The number of nitrogens with zero attached hydrogens (tertiary/aromatic N) is 2. The topological polar surface area (TPSA) is 106 Å². The number of carbonyl (C=O) groups is 2. The highest BCUT2D eigenvalue weighted by Crippen LogP contribution is 2.20. The summed E-state index contributed by atoms with van der Waals surface area (Å²) in [5, 5.41) is 2.85. The fourth-order valence-corrected chi connectivity index (χ4v) is 2.98. The van der Waals surface area contributed by atoms with E-state index in [1.807, 2.05) is 6.92 Å². The molecule has 0 saturated heterocycles. The summed E-state index contributed by atoms with van der Waals surface area (Å²) in [6.45, 7) is 1.70. The second-order valence-corrected chi connectivity index (χ2v) is 6.01. The Kier molecular flexibility index (Phi) is 4.43. The zero-order chi connectivity index (χ0) is 17.1. The minimum Gasteiger partial charge on any atom is -0.459 e. The number of nitrogens with one attached hydrogen (secondary N) is 2. The summed E-state index contributed by atoms with van der Waals surface area (Å²) in [6.07, 6.45) is 3.43. The molecular formula is C15H14N4O4S. The van der Waals surface area contributed by atoms with Gasteiger partial charge in [0, 0.05) is 4.88 Å². The molecule has 3 aromatic heterocycles. The summed E-state index contributed by atoms with van der Waals surface area (Å²) in [4.78, 5) is 41.7. The van der Waals surface area contributed by atoms with Crippen LogP contribution in [0.25, 0.3) is 10.2 Å². The number of thiophene rings is 1. The molecule has 0 saturated carbocycles. The highest BCUT2D eigenvalue weighted by molar-refractivity contribution is 7.18. The minimum atomic E-state index is -0.552. The summed E-state index contributed by atoms with van der Waals surface area (Å²) in [6, 6.07) is 4.83. The third-order valence-corrected chi connectivity index (χ3v) is 4.44. The van der Waals surface area contributed by atoms with E-state index in [0.717, 1.165) is 16.0 Å². The van der Waals surface area contributed by atoms with Gasteiger partial charge in [0.1, 0.15) is 11.2 Å². The molecule has 2 amide bonds. The lowest BCUT2D eigenvalue weighted by molar-refractivity contribution is -0.116. The fourth-order valence-electron chi connectivity index (χ4n) is 2.06. The number of aromatic nitrogens is 2. The van der Waals surface area contributed by atoms with Crippen molar-refractivity contribution >= 4 is 33.4 Å². The Balaban J connectivity index is 1.68. The van der Waals surface area contributed by atoms with Gasteiger partial charge >= 0.3 is 0 Å². The first-order valence-electron chi connectivity index (χ1n) is 7.20. The van der Waals surface area contributed by atoms with Crippen molar-refractivity contribution in [1.29, 1.82) is 0 Å². The van der Waals surface area contributed by atoms with Gasteiger partial charge in [-0.1, -0.05) is 6.92 Å². The monoisotopic (exact) mass is 346 g/mol. The molecule has 3 heterocycles. The van der Waals surface area contributed by atoms with E-state index in [0.29, 0.717) is 10.2 Å². The lowest BCUT2D eigenvalue weighted by atomic mass is 10.3. The highest BCUT2D eigenvalue weighted by atomic mass is 32.1. The summed E-state index contributed by atoms with van der Waals surface area (Å²) < 4.78 is 5.93. The maximum atomic E-state index is 12.3. The summed E-state index contributed by atoms with van der Waals surface area (Å²) in [5.74, 6) is -0.959. The Labute approximate surface area is 140 Å². The zero-order valence-electron chi connectivity index (χ0n) is 12.7. The van der Waals surface area contributed by atoms with E-state index < -0.39 is 11.8 Å². The van der Waals surface area contributed by atoms with E-state index in [9.17, 15) is 14.4 Å². The number of fused-ring (bicyclic) bond motifs is 1. The van der Waals surface area contributed by atoms with E-state index in [1.54, 1.807) is 12.1 Å². The third-order valence-electron chi connectivity index (χ3n) is 3.25. The molecule has 3 rings (SSSR count). The van der Waals surface area contributed by atoms with Crippen LogP contribution in [0, 0.1) is 0 Å². The van der Waals surface area contributed by atoms with Crippen molar-refractivity contribution in [3.05, 3.63) is 51.8 Å². The van der Waals surface area contributed by atoms with Crippen molar-refractivity contribution in [3.8, 4) is 0 Å². The van der Waals surface area contributed by atoms with Crippen molar-refractivity contribution in [1.82, 2.24) is 15.0 Å². The van der Waals surface area contributed by atoms with Crippen molar-refractivity contribution in [2.75, 3.05) is 12.0 Å². The molecule has 0 fully saturated rings. The normalized spacial score (nSPS) is 10.7. The molecule has 124 valence electrons. The Morgan fingerprint density at radius 3 is 2.96 bits per heavy atom. The van der Waals surface area contributed by atoms with Crippen LogP contribution in [0.15, 0.2) is 40.0 Å². The zero-order valence-corrected chi connectivity index (χ0v) is 13.6. The number of hydrogen-bond acceptors (Lipinski definition) is 6. The summed E-state index contributed by atoms with van der Waals surface area (Å²) >= 11 is 1.45. The third kappa shape index (κ3) is 3.20. The largest absolute Gasteiger partial charge is 0.459 e. The van der Waals surface area contributed by atoms with Crippen molar-refractivity contribution in [2.24, 2.45) is 0 Å². The number of hydrogen-bond donors (Lipinski definition) is 2. The van der Waals surface area contributed by atoms with Gasteiger partial charge in [-0.05, 0) is 24.6 Å². The number of aryl methyl sites for hydroxylation is 1. The molecule has 0 aliphatic heterocycles. The van der Waals surface area contributed by atoms with Gasteiger partial charge in [0.2, 0.25) is 0 Å². The van der Waals surface area contributed by atoms with E-state index in [2.05, 4.69) is 15.7 Å². The summed E-state index contributed by atoms with van der Waals surface area (Å²) in [5.41, 5.74) is 2.03. The van der Waals surface area contributed by atoms with Crippen molar-refractivity contribution in [3.63, 3.8) is 0 Å². The molecule has 0 bridgehead atoms. The summed E-state index contributed by atoms with van der Waals surface area (Å²) in [7, 11) is 0. The molecule has 24 heavy (non-hydrogen) atoms. The number of furan rings is 1. The van der Waals surface area contributed by atoms with Gasteiger partial charge < -0.3 is 9.73 Å². The van der Waals surface area contributed by atoms with Gasteiger partial charge in [0.25, 0.3) is 17.4 Å². The van der Waals surface area contributed by atoms with Crippen LogP contribution in [-0.2, 0) is 11.2 Å². The molecule has 0 radical (unpaired) electrons. The number of rotatable bonds is 5. The van der Waals surface area contributed by atoms with Gasteiger partial charge in [-0.15, -0.1) is 11.3 Å². The van der Waals surface area contributed by atoms with Gasteiger partial charge in [-0.2, -0.15) is 0 Å². The average molecular weight is 346 g/mol. The number of carbonyl (C=O) groups excluding carboxylic acids is 2. The minimum absolute atomic E-state index is 0.105. The average Bonchev–Trinajstić information content (AvgIpc) is 3.24. The second-order valence-electron chi connectivity index (χ2n) is 4.90. The van der Waals surface area contributed by atoms with Crippen LogP contribution in [0.1, 0.15) is 22.4 Å². The fraction of sp³-hybridized carbons (Fsp3) is 0.200. The quantitative estimate of drug-likeness (QED) is 0.720. The molecule has 0 atom stereocenters. The van der Waals surface area contributed by atoms with Gasteiger partial charge in [-0.3, -0.25) is 19.8 Å². The van der Waals surface area contributed by atoms with E-state index in [1.165, 1.54) is 30.0 Å². The molecule has 9 heteroatoms. The van der Waals surface area contributed by atoms with E-state index in [-0.39, 0.29) is 17.9 Å². The Bertz CT molecular complexity index is 942. The van der Waals surface area contributed by atoms with Crippen LogP contribution in [0.3, 0.4) is 0 Å². The molecule has 0 unspecified atom stereocenters. The SMILES string of the molecule is CCc1cc2c(=O)n(NC(=O)CNC(=O)c3ccco3)cnc2s1. The maximum absolute atomic E-state index is 12.3. The van der Waals surface area contributed by atoms with E-state index in [4.69, 9.17) is 4.42 Å². The van der Waals surface area contributed by atoms with Gasteiger partial charge in [0.15, 0.2) is 5.76 Å². The molecule has 0 aliphatic rings. The van der Waals surface area contributed by atoms with Crippen LogP contribution in [0.2, 0.25) is 0 Å². The lowest BCUT2D eigenvalue weighted by Gasteiger charge is -2.07. The smallest absolute Gasteiger partial charge is 0.287 e. The highest BCUT2D eigenvalue weighted by Gasteiger charge is 2.12. The van der Waals surface area contributed by atoms with Crippen molar-refractivity contribution in [2.45, 2.75) is 13.3 Å². The van der Waals surface area contributed by atoms with Crippen LogP contribution in [-0.4, -0.2) is 28.0 Å². The molecular weight excluding hydrogens is 332 g/mol.